The standard InChI is InChI=1S/C13H14BrFN4/c1-7-12(14)8(2)19(18-7)6-10-4-3-9(13(16)17)5-11(10)15/h3-5H,6H2,1-2H3,(H3,16,17). The van der Waals surface area contributed by atoms with Gasteiger partial charge in [0.25, 0.3) is 0 Å². The van der Waals surface area contributed by atoms with E-state index in [1.807, 2.05) is 13.8 Å². The van der Waals surface area contributed by atoms with E-state index in [2.05, 4.69) is 21.0 Å². The molecule has 1 aromatic heterocycles. The summed E-state index contributed by atoms with van der Waals surface area (Å²) in [6.07, 6.45) is 0. The number of halogens is 2. The highest BCUT2D eigenvalue weighted by molar-refractivity contribution is 9.10. The highest BCUT2D eigenvalue weighted by Crippen LogP contribution is 2.21. The van der Waals surface area contributed by atoms with E-state index < -0.39 is 0 Å². The zero-order valence-corrected chi connectivity index (χ0v) is 12.3. The number of rotatable bonds is 3. The molecule has 19 heavy (non-hydrogen) atoms. The van der Waals surface area contributed by atoms with E-state index in [1.165, 1.54) is 6.07 Å². The molecule has 0 bridgehead atoms. The molecule has 4 nitrogen and oxygen atoms in total. The Kier molecular flexibility index (Phi) is 3.71. The first-order chi connectivity index (χ1) is 8.90. The highest BCUT2D eigenvalue weighted by Gasteiger charge is 2.11. The molecule has 0 saturated heterocycles. The summed E-state index contributed by atoms with van der Waals surface area (Å²) in [6, 6.07) is 4.55. The first kappa shape index (κ1) is 13.7. The number of nitrogens with one attached hydrogen (secondary N) is 1. The maximum Gasteiger partial charge on any atom is 0.129 e. The fraction of sp³-hybridized carbons (Fsp3) is 0.231. The molecule has 3 N–H and O–H groups in total. The molecular weight excluding hydrogens is 311 g/mol. The summed E-state index contributed by atoms with van der Waals surface area (Å²) in [5.74, 6) is -0.518. The van der Waals surface area contributed by atoms with E-state index >= 15 is 0 Å². The van der Waals surface area contributed by atoms with Crippen LogP contribution in [0.1, 0.15) is 22.5 Å². The van der Waals surface area contributed by atoms with Gasteiger partial charge in [-0.15, -0.1) is 0 Å². The Balaban J connectivity index is 2.33. The molecule has 0 unspecified atom stereocenters. The smallest absolute Gasteiger partial charge is 0.129 e. The second-order valence-electron chi connectivity index (χ2n) is 4.36. The minimum absolute atomic E-state index is 0.140. The van der Waals surface area contributed by atoms with Crippen molar-refractivity contribution in [1.82, 2.24) is 9.78 Å². The summed E-state index contributed by atoms with van der Waals surface area (Å²) in [6.45, 7) is 4.16. The first-order valence-corrected chi connectivity index (χ1v) is 6.51. The quantitative estimate of drug-likeness (QED) is 0.673. The van der Waals surface area contributed by atoms with Crippen LogP contribution in [-0.4, -0.2) is 15.6 Å². The van der Waals surface area contributed by atoms with Gasteiger partial charge in [0.05, 0.1) is 22.4 Å². The van der Waals surface area contributed by atoms with Crippen LogP contribution in [0.2, 0.25) is 0 Å². The van der Waals surface area contributed by atoms with Crippen molar-refractivity contribution in [2.75, 3.05) is 0 Å². The molecule has 0 radical (unpaired) electrons. The minimum atomic E-state index is -0.378. The molecule has 0 amide bonds. The lowest BCUT2D eigenvalue weighted by molar-refractivity contribution is 0.578. The second-order valence-corrected chi connectivity index (χ2v) is 5.16. The highest BCUT2D eigenvalue weighted by atomic mass is 79.9. The van der Waals surface area contributed by atoms with E-state index in [0.29, 0.717) is 17.7 Å². The lowest BCUT2D eigenvalue weighted by atomic mass is 10.1. The van der Waals surface area contributed by atoms with Gasteiger partial charge < -0.3 is 5.73 Å². The van der Waals surface area contributed by atoms with E-state index in [1.54, 1.807) is 16.8 Å². The van der Waals surface area contributed by atoms with Crippen molar-refractivity contribution in [2.45, 2.75) is 20.4 Å². The summed E-state index contributed by atoms with van der Waals surface area (Å²) >= 11 is 3.44. The van der Waals surface area contributed by atoms with Gasteiger partial charge in [-0.1, -0.05) is 12.1 Å². The van der Waals surface area contributed by atoms with Crippen molar-refractivity contribution >= 4 is 21.8 Å². The number of nitrogen functional groups attached to an aromatic ring is 1. The van der Waals surface area contributed by atoms with Gasteiger partial charge in [-0.2, -0.15) is 5.10 Å². The summed E-state index contributed by atoms with van der Waals surface area (Å²) in [5, 5.41) is 11.6. The predicted molar refractivity (Wildman–Crippen MR) is 75.9 cm³/mol. The number of nitrogens with two attached hydrogens (primary N) is 1. The average Bonchev–Trinajstić information content (AvgIpc) is 2.59. The fourth-order valence-corrected chi connectivity index (χ4v) is 2.12. The Hall–Kier alpha value is -1.69. The van der Waals surface area contributed by atoms with Crippen molar-refractivity contribution in [3.05, 3.63) is 51.0 Å². The van der Waals surface area contributed by atoms with E-state index in [-0.39, 0.29) is 11.7 Å². The van der Waals surface area contributed by atoms with Crippen molar-refractivity contribution in [2.24, 2.45) is 5.73 Å². The first-order valence-electron chi connectivity index (χ1n) is 5.72. The van der Waals surface area contributed by atoms with Crippen molar-refractivity contribution in [3.63, 3.8) is 0 Å². The van der Waals surface area contributed by atoms with Crippen LogP contribution < -0.4 is 5.73 Å². The third-order valence-corrected chi connectivity index (χ3v) is 4.13. The van der Waals surface area contributed by atoms with Gasteiger partial charge in [-0.25, -0.2) is 4.39 Å². The van der Waals surface area contributed by atoms with E-state index in [4.69, 9.17) is 11.1 Å². The molecule has 0 aliphatic heterocycles. The molecule has 1 aromatic carbocycles. The zero-order valence-electron chi connectivity index (χ0n) is 10.7. The van der Waals surface area contributed by atoms with Crippen molar-refractivity contribution < 1.29 is 4.39 Å². The van der Waals surface area contributed by atoms with Crippen LogP contribution in [0.15, 0.2) is 22.7 Å². The monoisotopic (exact) mass is 324 g/mol. The van der Waals surface area contributed by atoms with Crippen LogP contribution >= 0.6 is 15.9 Å². The van der Waals surface area contributed by atoms with Gasteiger partial charge in [0.15, 0.2) is 0 Å². The molecule has 1 heterocycles. The van der Waals surface area contributed by atoms with Gasteiger partial charge in [0, 0.05) is 11.1 Å². The Labute approximate surface area is 119 Å². The van der Waals surface area contributed by atoms with E-state index in [0.717, 1.165) is 15.9 Å². The normalized spacial score (nSPS) is 10.7. The van der Waals surface area contributed by atoms with Crippen LogP contribution in [0, 0.1) is 25.1 Å². The van der Waals surface area contributed by atoms with Crippen molar-refractivity contribution in [1.29, 1.82) is 5.41 Å². The maximum atomic E-state index is 13.9. The number of nitrogens with zero attached hydrogens (tertiary/aromatic N) is 2. The fourth-order valence-electron chi connectivity index (χ4n) is 1.83. The minimum Gasteiger partial charge on any atom is -0.384 e. The topological polar surface area (TPSA) is 67.7 Å². The maximum absolute atomic E-state index is 13.9. The average molecular weight is 325 g/mol. The summed E-state index contributed by atoms with van der Waals surface area (Å²) in [5.41, 5.74) is 8.05. The van der Waals surface area contributed by atoms with Gasteiger partial charge in [0.2, 0.25) is 0 Å². The van der Waals surface area contributed by atoms with Gasteiger partial charge >= 0.3 is 0 Å². The van der Waals surface area contributed by atoms with Gasteiger partial charge in [-0.3, -0.25) is 10.1 Å². The van der Waals surface area contributed by atoms with Crippen LogP contribution in [0.4, 0.5) is 4.39 Å². The zero-order chi connectivity index (χ0) is 14.2. The van der Waals surface area contributed by atoms with Crippen LogP contribution in [0.3, 0.4) is 0 Å². The Morgan fingerprint density at radius 1 is 1.47 bits per heavy atom. The Morgan fingerprint density at radius 2 is 2.16 bits per heavy atom. The summed E-state index contributed by atoms with van der Waals surface area (Å²) in [7, 11) is 0. The van der Waals surface area contributed by atoms with Gasteiger partial charge in [0.1, 0.15) is 11.7 Å². The molecule has 2 aromatic rings. The van der Waals surface area contributed by atoms with Crippen LogP contribution in [0.25, 0.3) is 0 Å². The van der Waals surface area contributed by atoms with Gasteiger partial charge in [-0.05, 0) is 35.8 Å². The molecule has 0 saturated carbocycles. The molecule has 2 rings (SSSR count). The lowest BCUT2D eigenvalue weighted by Gasteiger charge is -2.07. The number of benzene rings is 1. The largest absolute Gasteiger partial charge is 0.384 e. The lowest BCUT2D eigenvalue weighted by Crippen LogP contribution is -2.12. The molecule has 0 aliphatic rings. The third-order valence-electron chi connectivity index (χ3n) is 2.98. The van der Waals surface area contributed by atoms with Crippen LogP contribution in [0.5, 0.6) is 0 Å². The van der Waals surface area contributed by atoms with Crippen molar-refractivity contribution in [3.8, 4) is 0 Å². The summed E-state index contributed by atoms with van der Waals surface area (Å²) in [4.78, 5) is 0. The van der Waals surface area contributed by atoms with E-state index in [9.17, 15) is 4.39 Å². The molecule has 6 heteroatoms. The number of amidine groups is 1. The Bertz CT molecular complexity index is 648. The third kappa shape index (κ3) is 2.68. The molecule has 100 valence electrons. The molecule has 0 atom stereocenters. The molecular formula is C13H14BrFN4. The SMILES string of the molecule is Cc1nn(Cc2ccc(C(=N)N)cc2F)c(C)c1Br. The summed E-state index contributed by atoms with van der Waals surface area (Å²) < 4.78 is 16.6. The van der Waals surface area contributed by atoms with Crippen LogP contribution in [-0.2, 0) is 6.54 Å². The predicted octanol–water partition coefficient (Wildman–Crippen LogP) is 2.73. The number of hydrogen-bond acceptors (Lipinski definition) is 2. The number of aryl methyl sites for hydroxylation is 1. The Morgan fingerprint density at radius 3 is 2.63 bits per heavy atom. The molecule has 0 fully saturated rings. The second kappa shape index (κ2) is 5.13. The number of aromatic nitrogens is 2. The number of hydrogen-bond donors (Lipinski definition) is 2. The molecule has 0 spiro atoms. The molecule has 0 aliphatic carbocycles.